The maximum Gasteiger partial charge on any atom is 0.187 e. The highest BCUT2D eigenvalue weighted by Crippen LogP contribution is 2.37. The van der Waals surface area contributed by atoms with Crippen molar-refractivity contribution in [2.75, 3.05) is 6.61 Å². The van der Waals surface area contributed by atoms with Gasteiger partial charge in [-0.25, -0.2) is 0 Å². The highest BCUT2D eigenvalue weighted by molar-refractivity contribution is 5.19. The third-order valence-corrected chi connectivity index (χ3v) is 5.08. The number of hydrogen-bond donors (Lipinski definition) is 6. The molecule has 6 N–H and O–H groups in total. The number of hydrogen-bond acceptors (Lipinski definition) is 8. The van der Waals surface area contributed by atoms with Crippen LogP contribution >= 0.6 is 0 Å². The van der Waals surface area contributed by atoms with Crippen LogP contribution in [-0.4, -0.2) is 85.8 Å². The summed E-state index contributed by atoms with van der Waals surface area (Å²) in [5.41, 5.74) is -0.771. The Hall–Kier alpha value is -0.580. The van der Waals surface area contributed by atoms with E-state index < -0.39 is 55.1 Å². The molecule has 0 amide bonds. The summed E-state index contributed by atoms with van der Waals surface area (Å²) in [5, 5.41) is 59.9. The van der Waals surface area contributed by atoms with Crippen molar-refractivity contribution in [2.24, 2.45) is 5.92 Å². The van der Waals surface area contributed by atoms with Gasteiger partial charge in [-0.15, -0.1) is 0 Å². The Morgan fingerprint density at radius 2 is 1.83 bits per heavy atom. The van der Waals surface area contributed by atoms with Gasteiger partial charge in [0.2, 0.25) is 0 Å². The van der Waals surface area contributed by atoms with Gasteiger partial charge in [-0.05, 0) is 18.4 Å². The second-order valence-corrected chi connectivity index (χ2v) is 7.03. The molecule has 1 saturated heterocycles. The fourth-order valence-corrected chi connectivity index (χ4v) is 3.13. The topological polar surface area (TPSA) is 140 Å². The van der Waals surface area contributed by atoms with Crippen molar-refractivity contribution in [1.82, 2.24) is 0 Å². The molecule has 0 bridgehead atoms. The standard InChI is InChI=1S/C16H28O8/c1-7(2)16(22)5-9(18)8(3)4-11(16)24-15-14(21)13(20)12(19)10(6-17)23-15/h4,7,9-15,17-22H,5-6H2,1-3H3. The molecule has 0 radical (unpaired) electrons. The lowest BCUT2D eigenvalue weighted by Crippen LogP contribution is -2.62. The van der Waals surface area contributed by atoms with E-state index in [0.717, 1.165) is 0 Å². The monoisotopic (exact) mass is 348 g/mol. The van der Waals surface area contributed by atoms with Crippen LogP contribution in [-0.2, 0) is 9.47 Å². The Balaban J connectivity index is 2.23. The molecule has 0 aromatic carbocycles. The molecule has 1 fully saturated rings. The van der Waals surface area contributed by atoms with Crippen LogP contribution < -0.4 is 0 Å². The quantitative estimate of drug-likeness (QED) is 0.329. The smallest absolute Gasteiger partial charge is 0.187 e. The summed E-state index contributed by atoms with van der Waals surface area (Å²) < 4.78 is 11.0. The molecule has 0 saturated carbocycles. The number of aliphatic hydroxyl groups excluding tert-OH is 5. The van der Waals surface area contributed by atoms with Gasteiger partial charge in [0.25, 0.3) is 0 Å². The first-order valence-electron chi connectivity index (χ1n) is 8.16. The highest BCUT2D eigenvalue weighted by atomic mass is 16.7. The molecule has 24 heavy (non-hydrogen) atoms. The summed E-state index contributed by atoms with van der Waals surface area (Å²) in [6.07, 6.45) is -7.04. The van der Waals surface area contributed by atoms with Crippen molar-refractivity contribution in [3.05, 3.63) is 11.6 Å². The Labute approximate surface area is 141 Å². The van der Waals surface area contributed by atoms with Crippen LogP contribution in [0.4, 0.5) is 0 Å². The van der Waals surface area contributed by atoms with E-state index in [0.29, 0.717) is 5.57 Å². The van der Waals surface area contributed by atoms with Gasteiger partial charge in [0.05, 0.1) is 18.3 Å². The minimum atomic E-state index is -1.55. The van der Waals surface area contributed by atoms with Crippen molar-refractivity contribution in [1.29, 1.82) is 0 Å². The molecule has 0 spiro atoms. The van der Waals surface area contributed by atoms with Crippen molar-refractivity contribution in [2.45, 2.75) is 75.7 Å². The molecule has 8 nitrogen and oxygen atoms in total. The van der Waals surface area contributed by atoms with Crippen LogP contribution in [0.15, 0.2) is 11.6 Å². The van der Waals surface area contributed by atoms with E-state index in [4.69, 9.17) is 9.47 Å². The molecule has 1 heterocycles. The molecule has 0 aromatic rings. The van der Waals surface area contributed by atoms with E-state index in [2.05, 4.69) is 0 Å². The Morgan fingerprint density at radius 3 is 2.38 bits per heavy atom. The predicted molar refractivity (Wildman–Crippen MR) is 82.8 cm³/mol. The van der Waals surface area contributed by atoms with Crippen LogP contribution in [0.5, 0.6) is 0 Å². The summed E-state index contributed by atoms with van der Waals surface area (Å²) >= 11 is 0. The van der Waals surface area contributed by atoms with Gasteiger partial charge in [-0.2, -0.15) is 0 Å². The lowest BCUT2D eigenvalue weighted by Gasteiger charge is -2.46. The maximum absolute atomic E-state index is 10.9. The zero-order valence-electron chi connectivity index (χ0n) is 14.1. The lowest BCUT2D eigenvalue weighted by molar-refractivity contribution is -0.322. The molecule has 1 aliphatic carbocycles. The average molecular weight is 348 g/mol. The molecule has 2 rings (SSSR count). The second kappa shape index (κ2) is 7.35. The van der Waals surface area contributed by atoms with Crippen LogP contribution in [0.25, 0.3) is 0 Å². The van der Waals surface area contributed by atoms with E-state index in [1.54, 1.807) is 26.8 Å². The second-order valence-electron chi connectivity index (χ2n) is 7.03. The van der Waals surface area contributed by atoms with E-state index in [1.807, 2.05) is 0 Å². The lowest BCUT2D eigenvalue weighted by atomic mass is 9.75. The molecular weight excluding hydrogens is 320 g/mol. The minimum absolute atomic E-state index is 0.0646. The van der Waals surface area contributed by atoms with Crippen molar-refractivity contribution >= 4 is 0 Å². The largest absolute Gasteiger partial charge is 0.394 e. The third kappa shape index (κ3) is 3.51. The molecular formula is C16H28O8. The summed E-state index contributed by atoms with van der Waals surface area (Å²) in [6, 6.07) is 0. The Kier molecular flexibility index (Phi) is 6.04. The molecule has 8 atom stereocenters. The SMILES string of the molecule is CC1=CC(OC2OC(CO)C(O)C(O)C2O)C(O)(C(C)C)CC1O. The molecule has 140 valence electrons. The molecule has 8 heteroatoms. The van der Waals surface area contributed by atoms with Crippen molar-refractivity contribution in [3.8, 4) is 0 Å². The van der Waals surface area contributed by atoms with E-state index >= 15 is 0 Å². The number of rotatable bonds is 4. The fourth-order valence-electron chi connectivity index (χ4n) is 3.13. The summed E-state index contributed by atoms with van der Waals surface area (Å²) in [6.45, 7) is 4.71. The summed E-state index contributed by atoms with van der Waals surface area (Å²) in [7, 11) is 0. The van der Waals surface area contributed by atoms with E-state index in [9.17, 15) is 30.6 Å². The molecule has 0 aromatic heterocycles. The van der Waals surface area contributed by atoms with Crippen LogP contribution in [0.2, 0.25) is 0 Å². The van der Waals surface area contributed by atoms with E-state index in [-0.39, 0.29) is 12.3 Å². The Morgan fingerprint density at radius 1 is 1.21 bits per heavy atom. The van der Waals surface area contributed by atoms with Gasteiger partial charge in [-0.3, -0.25) is 0 Å². The summed E-state index contributed by atoms with van der Waals surface area (Å²) in [4.78, 5) is 0. The number of aliphatic hydroxyl groups is 6. The van der Waals surface area contributed by atoms with Gasteiger partial charge < -0.3 is 40.1 Å². The van der Waals surface area contributed by atoms with Crippen molar-refractivity contribution in [3.63, 3.8) is 0 Å². The van der Waals surface area contributed by atoms with Crippen molar-refractivity contribution < 1.29 is 40.1 Å². The molecule has 2 aliphatic rings. The van der Waals surface area contributed by atoms with Crippen LogP contribution in [0.1, 0.15) is 27.2 Å². The van der Waals surface area contributed by atoms with Crippen LogP contribution in [0, 0.1) is 5.92 Å². The first-order valence-corrected chi connectivity index (χ1v) is 8.16. The van der Waals surface area contributed by atoms with Gasteiger partial charge in [-0.1, -0.05) is 19.9 Å². The van der Waals surface area contributed by atoms with Gasteiger partial charge in [0, 0.05) is 6.42 Å². The van der Waals surface area contributed by atoms with Crippen LogP contribution in [0.3, 0.4) is 0 Å². The zero-order chi connectivity index (χ0) is 18.2. The van der Waals surface area contributed by atoms with Gasteiger partial charge >= 0.3 is 0 Å². The molecule has 1 aliphatic heterocycles. The summed E-state index contributed by atoms with van der Waals surface area (Å²) in [5.74, 6) is -0.258. The zero-order valence-corrected chi connectivity index (χ0v) is 14.1. The normalized spacial score (nSPS) is 46.9. The minimum Gasteiger partial charge on any atom is -0.394 e. The van der Waals surface area contributed by atoms with Gasteiger partial charge in [0.15, 0.2) is 6.29 Å². The highest BCUT2D eigenvalue weighted by Gasteiger charge is 2.49. The third-order valence-electron chi connectivity index (χ3n) is 5.08. The van der Waals surface area contributed by atoms with Gasteiger partial charge in [0.1, 0.15) is 30.5 Å². The number of ether oxygens (including phenoxy) is 2. The first kappa shape index (κ1) is 19.7. The Bertz CT molecular complexity index is 465. The maximum atomic E-state index is 10.9. The molecule has 8 unspecified atom stereocenters. The average Bonchev–Trinajstić information content (AvgIpc) is 2.52. The van der Waals surface area contributed by atoms with E-state index in [1.165, 1.54) is 0 Å². The fraction of sp³-hybridized carbons (Fsp3) is 0.875. The predicted octanol–water partition coefficient (Wildman–Crippen LogP) is -1.73. The first-order chi connectivity index (χ1) is 11.1.